The normalized spacial score (nSPS) is 25.3. The van der Waals surface area contributed by atoms with Crippen molar-refractivity contribution in [1.29, 1.82) is 0 Å². The van der Waals surface area contributed by atoms with E-state index in [4.69, 9.17) is 15.4 Å². The molecule has 5 atom stereocenters. The van der Waals surface area contributed by atoms with E-state index < -0.39 is 50.3 Å². The molecule has 0 amide bonds. The fourth-order valence-corrected chi connectivity index (χ4v) is 3.87. The van der Waals surface area contributed by atoms with E-state index in [1.165, 1.54) is 39.7 Å². The van der Waals surface area contributed by atoms with Gasteiger partial charge >= 0.3 is 5.65 Å². The van der Waals surface area contributed by atoms with Gasteiger partial charge in [-0.15, -0.1) is 0 Å². The highest BCUT2D eigenvalue weighted by Crippen LogP contribution is 2.34. The van der Waals surface area contributed by atoms with E-state index in [0.717, 1.165) is 0 Å². The van der Waals surface area contributed by atoms with Crippen LogP contribution >= 0.6 is 7.82 Å². The number of nitrogens with one attached hydrogen (secondary N) is 1. The third-order valence-corrected chi connectivity index (χ3v) is 5.45. The number of nitrogen functional groups attached to an aromatic ring is 1. The van der Waals surface area contributed by atoms with Crippen LogP contribution in [-0.2, 0) is 20.4 Å². The molecular formula is C17H19FN5O8P. The predicted molar refractivity (Wildman–Crippen MR) is 102 cm³/mol. The van der Waals surface area contributed by atoms with Crippen molar-refractivity contribution in [2.45, 2.75) is 31.1 Å². The summed E-state index contributed by atoms with van der Waals surface area (Å²) in [6.07, 6.45) is -4.36. The van der Waals surface area contributed by atoms with Crippen LogP contribution < -0.4 is 20.8 Å². The molecule has 0 aliphatic carbocycles. The molecule has 1 aromatic carbocycles. The highest BCUT2D eigenvalue weighted by Gasteiger charge is 2.47. The topological polar surface area (TPSA) is 200 Å². The highest BCUT2D eigenvalue weighted by molar-refractivity contribution is 7.44. The van der Waals surface area contributed by atoms with Crippen LogP contribution in [0.5, 0.6) is 0 Å². The molecule has 0 saturated carbocycles. The van der Waals surface area contributed by atoms with Crippen LogP contribution in [0, 0.1) is 5.82 Å². The minimum atomic E-state index is -5.08. The first kappa shape index (κ1) is 22.5. The predicted octanol–water partition coefficient (Wildman–Crippen LogP) is -2.12. The molecule has 1 unspecified atom stereocenters. The number of anilines is 1. The number of phosphoric acid groups is 1. The van der Waals surface area contributed by atoms with Crippen LogP contribution in [-0.4, -0.2) is 54.6 Å². The summed E-state index contributed by atoms with van der Waals surface area (Å²) < 4.78 is 36.6. The maximum atomic E-state index is 13.2. The molecule has 1 aliphatic rings. The van der Waals surface area contributed by atoms with E-state index in [2.05, 4.69) is 14.5 Å². The molecule has 3 heterocycles. The van der Waals surface area contributed by atoms with E-state index in [1.54, 1.807) is 0 Å². The van der Waals surface area contributed by atoms with Crippen molar-refractivity contribution in [3.05, 3.63) is 52.3 Å². The molecule has 0 bridgehead atoms. The Hall–Kier alpha value is -2.71. The summed E-state index contributed by atoms with van der Waals surface area (Å²) >= 11 is 0. The molecule has 4 rings (SSSR count). The molecule has 13 nitrogen and oxygen atoms in total. The summed E-state index contributed by atoms with van der Waals surface area (Å²) in [4.78, 5) is 38.6. The lowest BCUT2D eigenvalue weighted by Crippen LogP contribution is -2.46. The fraction of sp³-hybridized carbons (Fsp3) is 0.353. The summed E-state index contributed by atoms with van der Waals surface area (Å²) in [7, 11) is -5.08. The number of H-pyrrole nitrogens is 1. The summed E-state index contributed by atoms with van der Waals surface area (Å²) in [5, 5.41) is 20.7. The van der Waals surface area contributed by atoms with Gasteiger partial charge in [-0.1, -0.05) is 17.1 Å². The van der Waals surface area contributed by atoms with E-state index in [-0.39, 0.29) is 23.7 Å². The van der Waals surface area contributed by atoms with Gasteiger partial charge in [-0.25, -0.2) is 8.96 Å². The number of aliphatic hydroxyl groups is 2. The van der Waals surface area contributed by atoms with Gasteiger partial charge < -0.3 is 35.0 Å². The Morgan fingerprint density at radius 3 is 2.69 bits per heavy atom. The van der Waals surface area contributed by atoms with Gasteiger partial charge in [0.15, 0.2) is 6.33 Å². The number of hydrogen-bond donors (Lipinski definition) is 5. The number of aromatic amines is 1. The second-order valence-electron chi connectivity index (χ2n) is 7.21. The van der Waals surface area contributed by atoms with Crippen molar-refractivity contribution in [3.63, 3.8) is 0 Å². The Bertz CT molecular complexity index is 1240. The van der Waals surface area contributed by atoms with Crippen molar-refractivity contribution in [2.24, 2.45) is 0 Å². The number of hydrogen-bond acceptors (Lipinski definition) is 9. The van der Waals surface area contributed by atoms with Gasteiger partial charge in [0.2, 0.25) is 11.7 Å². The zero-order valence-electron chi connectivity index (χ0n) is 16.2. The Balaban J connectivity index is 1.73. The maximum absolute atomic E-state index is 13.2. The maximum Gasteiger partial charge on any atom is 0.313 e. The summed E-state index contributed by atoms with van der Waals surface area (Å²) in [5.74, 6) is -0.639. The van der Waals surface area contributed by atoms with E-state index in [9.17, 15) is 28.9 Å². The molecule has 6 N–H and O–H groups in total. The van der Waals surface area contributed by atoms with Gasteiger partial charge in [-0.3, -0.25) is 18.9 Å². The standard InChI is InChI=1S/C17H19FN5O8P/c18-9-3-1-8(2-4-9)5-22-7-23(14-11(22)15(26)21-17(19)20-14)16-13(25)12(24)10(31-16)6-30-32(27,28)29/h1-4,7,10,12-13,16,24-25H,5-6H2,(H4-,19,20,21,26,27,28,29)/t10-,12-,13-,16-/m1/s1. The highest BCUT2D eigenvalue weighted by atomic mass is 31.2. The van der Waals surface area contributed by atoms with Crippen LogP contribution in [0.3, 0.4) is 0 Å². The van der Waals surface area contributed by atoms with Gasteiger partial charge in [-0.05, 0) is 17.7 Å². The molecule has 1 saturated heterocycles. The van der Waals surface area contributed by atoms with Gasteiger partial charge in [0, 0.05) is 0 Å². The first-order valence-corrected chi connectivity index (χ1v) is 10.8. The van der Waals surface area contributed by atoms with Crippen LogP contribution in [0.2, 0.25) is 0 Å². The van der Waals surface area contributed by atoms with Crippen LogP contribution in [0.4, 0.5) is 10.3 Å². The number of nitrogens with zero attached hydrogens (tertiary/aromatic N) is 3. The molecule has 32 heavy (non-hydrogen) atoms. The number of imidazole rings is 1. The molecule has 1 aliphatic heterocycles. The first-order chi connectivity index (χ1) is 15.0. The first-order valence-electron chi connectivity index (χ1n) is 9.27. The summed E-state index contributed by atoms with van der Waals surface area (Å²) in [5.41, 5.74) is 5.80. The van der Waals surface area contributed by atoms with Gasteiger partial charge in [-0.2, -0.15) is 0 Å². The average Bonchev–Trinajstić information content (AvgIpc) is 3.19. The zero-order valence-corrected chi connectivity index (χ0v) is 17.1. The Morgan fingerprint density at radius 2 is 2.03 bits per heavy atom. The largest absolute Gasteiger partial charge is 0.756 e. The second-order valence-corrected chi connectivity index (χ2v) is 8.41. The summed E-state index contributed by atoms with van der Waals surface area (Å²) in [6.45, 7) is -0.628. The number of nitrogens with two attached hydrogens (primary N) is 1. The third kappa shape index (κ3) is 4.42. The fourth-order valence-electron chi connectivity index (χ4n) is 3.53. The molecule has 0 spiro atoms. The van der Waals surface area contributed by atoms with Crippen LogP contribution in [0.25, 0.3) is 11.2 Å². The van der Waals surface area contributed by atoms with E-state index in [0.29, 0.717) is 5.56 Å². The number of aliphatic hydroxyl groups excluding tert-OH is 2. The molecule has 3 aromatic rings. The third-order valence-electron chi connectivity index (χ3n) is 4.97. The van der Waals surface area contributed by atoms with Gasteiger partial charge in [0.1, 0.15) is 24.1 Å². The zero-order chi connectivity index (χ0) is 23.2. The SMILES string of the molecule is Nc1nc2c(c(=O)[nH]1)n(Cc1ccc(F)cc1)c[n+]2[C@@H]1O[C@H](COP(=O)([O-])O)[C@@H](O)[C@H]1O. The van der Waals surface area contributed by atoms with Gasteiger partial charge in [0.05, 0.1) is 13.2 Å². The molecule has 1 fully saturated rings. The molecule has 15 heteroatoms. The van der Waals surface area contributed by atoms with Crippen LogP contribution in [0.1, 0.15) is 11.8 Å². The van der Waals surface area contributed by atoms with Crippen LogP contribution in [0.15, 0.2) is 35.4 Å². The lowest BCUT2D eigenvalue weighted by atomic mass is 10.1. The number of aromatic nitrogens is 4. The number of ether oxygens (including phenoxy) is 1. The van der Waals surface area contributed by atoms with Gasteiger partial charge in [0.25, 0.3) is 19.3 Å². The number of rotatable bonds is 6. The monoisotopic (exact) mass is 471 g/mol. The Kier molecular flexibility index (Phi) is 5.85. The Morgan fingerprint density at radius 1 is 1.34 bits per heavy atom. The second kappa shape index (κ2) is 8.33. The van der Waals surface area contributed by atoms with E-state index >= 15 is 0 Å². The smallest absolute Gasteiger partial charge is 0.313 e. The van der Waals surface area contributed by atoms with Crippen molar-refractivity contribution >= 4 is 24.9 Å². The molecule has 172 valence electrons. The molecular weight excluding hydrogens is 452 g/mol. The molecule has 0 radical (unpaired) electrons. The number of fused-ring (bicyclic) bond motifs is 1. The number of phosphoric ester groups is 1. The minimum absolute atomic E-state index is 0.0165. The van der Waals surface area contributed by atoms with Crippen molar-refractivity contribution in [2.75, 3.05) is 12.3 Å². The molecule has 2 aromatic heterocycles. The quantitative estimate of drug-likeness (QED) is 0.195. The lowest BCUT2D eigenvalue weighted by Gasteiger charge is -2.19. The number of halogens is 1. The van der Waals surface area contributed by atoms with E-state index in [1.807, 2.05) is 0 Å². The minimum Gasteiger partial charge on any atom is -0.756 e. The van der Waals surface area contributed by atoms with Crippen molar-refractivity contribution < 1.29 is 42.8 Å². The average molecular weight is 471 g/mol. The Labute approximate surface area is 178 Å². The lowest BCUT2D eigenvalue weighted by molar-refractivity contribution is -0.745. The summed E-state index contributed by atoms with van der Waals surface area (Å²) in [6, 6.07) is 5.57. The number of benzene rings is 1. The van der Waals surface area contributed by atoms with Crippen molar-refractivity contribution in [1.82, 2.24) is 14.5 Å². The van der Waals surface area contributed by atoms with Crippen molar-refractivity contribution in [3.8, 4) is 0 Å².